The topological polar surface area (TPSA) is 55.8 Å². The smallest absolute Gasteiger partial charge is 0.338 e. The van der Waals surface area contributed by atoms with Crippen LogP contribution in [0.1, 0.15) is 34.6 Å². The predicted molar refractivity (Wildman–Crippen MR) is 113 cm³/mol. The molecule has 148 valence electrons. The van der Waals surface area contributed by atoms with Gasteiger partial charge in [-0.1, -0.05) is 18.2 Å². The zero-order valence-corrected chi connectivity index (χ0v) is 16.5. The van der Waals surface area contributed by atoms with Crippen LogP contribution in [0.5, 0.6) is 0 Å². The third-order valence-electron chi connectivity index (χ3n) is 4.29. The maximum atomic E-state index is 11.9. The molecule has 3 aromatic carbocycles. The molecule has 0 amide bonds. The number of nitrogens with zero attached hydrogens (tertiary/aromatic N) is 1. The molecular weight excluding hydrogens is 366 g/mol. The Balaban J connectivity index is 1.96. The van der Waals surface area contributed by atoms with Gasteiger partial charge in [-0.2, -0.15) is 0 Å². The molecule has 0 heterocycles. The molecule has 0 atom stereocenters. The maximum absolute atomic E-state index is 11.9. The molecule has 3 rings (SSSR count). The van der Waals surface area contributed by atoms with E-state index in [1.165, 1.54) is 0 Å². The number of anilines is 3. The Kier molecular flexibility index (Phi) is 6.63. The van der Waals surface area contributed by atoms with Crippen molar-refractivity contribution in [1.82, 2.24) is 0 Å². The van der Waals surface area contributed by atoms with E-state index < -0.39 is 0 Å². The van der Waals surface area contributed by atoms with Gasteiger partial charge >= 0.3 is 11.9 Å². The molecule has 5 nitrogen and oxygen atoms in total. The highest BCUT2D eigenvalue weighted by atomic mass is 16.5. The van der Waals surface area contributed by atoms with Crippen molar-refractivity contribution in [3.8, 4) is 0 Å². The molecule has 29 heavy (non-hydrogen) atoms. The fourth-order valence-corrected chi connectivity index (χ4v) is 2.95. The first-order chi connectivity index (χ1) is 14.1. The van der Waals surface area contributed by atoms with Gasteiger partial charge in [-0.05, 0) is 74.5 Å². The Labute approximate surface area is 170 Å². The number of esters is 2. The van der Waals surface area contributed by atoms with Crippen molar-refractivity contribution in [2.45, 2.75) is 13.8 Å². The van der Waals surface area contributed by atoms with Gasteiger partial charge in [0.15, 0.2) is 0 Å². The molecule has 5 heteroatoms. The number of hydrogen-bond donors (Lipinski definition) is 0. The molecule has 0 saturated heterocycles. The summed E-state index contributed by atoms with van der Waals surface area (Å²) in [6, 6.07) is 24.4. The highest BCUT2D eigenvalue weighted by molar-refractivity contribution is 5.91. The van der Waals surface area contributed by atoms with Gasteiger partial charge in [-0.25, -0.2) is 9.59 Å². The molecule has 0 radical (unpaired) electrons. The van der Waals surface area contributed by atoms with Gasteiger partial charge in [0.25, 0.3) is 0 Å². The van der Waals surface area contributed by atoms with E-state index in [1.807, 2.05) is 59.5 Å². The normalized spacial score (nSPS) is 10.3. The van der Waals surface area contributed by atoms with Crippen molar-refractivity contribution in [1.29, 1.82) is 0 Å². The molecule has 0 N–H and O–H groups in total. The lowest BCUT2D eigenvalue weighted by Gasteiger charge is -2.25. The number of hydrogen-bond acceptors (Lipinski definition) is 5. The Morgan fingerprint density at radius 2 is 1.00 bits per heavy atom. The number of benzene rings is 3. The third-order valence-corrected chi connectivity index (χ3v) is 4.29. The van der Waals surface area contributed by atoms with Gasteiger partial charge in [0.1, 0.15) is 0 Å². The summed E-state index contributed by atoms with van der Waals surface area (Å²) < 4.78 is 10.1. The van der Waals surface area contributed by atoms with Crippen LogP contribution in [0.4, 0.5) is 17.1 Å². The first-order valence-corrected chi connectivity index (χ1v) is 9.53. The highest BCUT2D eigenvalue weighted by Gasteiger charge is 2.15. The van der Waals surface area contributed by atoms with E-state index in [4.69, 9.17) is 9.47 Å². The van der Waals surface area contributed by atoms with Crippen LogP contribution in [0, 0.1) is 0 Å². The average Bonchev–Trinajstić information content (AvgIpc) is 2.76. The van der Waals surface area contributed by atoms with Crippen LogP contribution in [0.15, 0.2) is 78.9 Å². The largest absolute Gasteiger partial charge is 0.462 e. The fraction of sp³-hybridized carbons (Fsp3) is 0.167. The molecule has 0 bridgehead atoms. The first kappa shape index (κ1) is 20.1. The van der Waals surface area contributed by atoms with Crippen LogP contribution >= 0.6 is 0 Å². The van der Waals surface area contributed by atoms with E-state index in [0.717, 1.165) is 17.1 Å². The average molecular weight is 389 g/mol. The molecule has 0 aliphatic carbocycles. The number of rotatable bonds is 7. The van der Waals surface area contributed by atoms with Gasteiger partial charge < -0.3 is 14.4 Å². The lowest BCUT2D eigenvalue weighted by atomic mass is 10.1. The van der Waals surface area contributed by atoms with Crippen molar-refractivity contribution >= 4 is 29.0 Å². The van der Waals surface area contributed by atoms with Gasteiger partial charge in [0.05, 0.1) is 24.3 Å². The van der Waals surface area contributed by atoms with Crippen molar-refractivity contribution in [2.75, 3.05) is 18.1 Å². The van der Waals surface area contributed by atoms with Crippen molar-refractivity contribution < 1.29 is 19.1 Å². The summed E-state index contributed by atoms with van der Waals surface area (Å²) in [4.78, 5) is 25.9. The number of ether oxygens (including phenoxy) is 2. The first-order valence-electron chi connectivity index (χ1n) is 9.53. The Morgan fingerprint density at radius 3 is 1.38 bits per heavy atom. The molecule has 0 fully saturated rings. The van der Waals surface area contributed by atoms with Crippen molar-refractivity contribution in [2.24, 2.45) is 0 Å². The van der Waals surface area contributed by atoms with Crippen LogP contribution < -0.4 is 4.90 Å². The SMILES string of the molecule is CCOC(=O)c1ccc(N(c2ccccc2)c2ccc(C(=O)OCC)cc2)cc1. The van der Waals surface area contributed by atoms with Gasteiger partial charge in [0, 0.05) is 17.1 Å². The third kappa shape index (κ3) is 4.82. The van der Waals surface area contributed by atoms with Gasteiger partial charge in [-0.15, -0.1) is 0 Å². The molecule has 0 unspecified atom stereocenters. The highest BCUT2D eigenvalue weighted by Crippen LogP contribution is 2.34. The van der Waals surface area contributed by atoms with E-state index in [-0.39, 0.29) is 11.9 Å². The molecule has 0 spiro atoms. The quantitative estimate of drug-likeness (QED) is 0.499. The van der Waals surface area contributed by atoms with Crippen molar-refractivity contribution in [3.63, 3.8) is 0 Å². The Morgan fingerprint density at radius 1 is 0.621 bits per heavy atom. The fourth-order valence-electron chi connectivity index (χ4n) is 2.95. The molecular formula is C24H23NO4. The number of carbonyl (C=O) groups excluding carboxylic acids is 2. The minimum atomic E-state index is -0.343. The zero-order valence-electron chi connectivity index (χ0n) is 16.5. The van der Waals surface area contributed by atoms with Crippen LogP contribution in [-0.4, -0.2) is 25.2 Å². The van der Waals surface area contributed by atoms with E-state index >= 15 is 0 Å². The van der Waals surface area contributed by atoms with Crippen LogP contribution in [-0.2, 0) is 9.47 Å². The minimum absolute atomic E-state index is 0.337. The molecule has 0 aliphatic rings. The van der Waals surface area contributed by atoms with E-state index in [0.29, 0.717) is 24.3 Å². The predicted octanol–water partition coefficient (Wildman–Crippen LogP) is 5.51. The van der Waals surface area contributed by atoms with Crippen LogP contribution in [0.3, 0.4) is 0 Å². The molecule has 0 saturated carbocycles. The molecule has 0 aliphatic heterocycles. The minimum Gasteiger partial charge on any atom is -0.462 e. The molecule has 3 aromatic rings. The summed E-state index contributed by atoms with van der Waals surface area (Å²) in [6.45, 7) is 4.24. The number of carbonyl (C=O) groups is 2. The van der Waals surface area contributed by atoms with Gasteiger partial charge in [-0.3, -0.25) is 0 Å². The van der Waals surface area contributed by atoms with E-state index in [9.17, 15) is 9.59 Å². The lowest BCUT2D eigenvalue weighted by molar-refractivity contribution is 0.0517. The summed E-state index contributed by atoms with van der Waals surface area (Å²) in [6.07, 6.45) is 0. The second-order valence-electron chi connectivity index (χ2n) is 6.21. The van der Waals surface area contributed by atoms with Crippen LogP contribution in [0.2, 0.25) is 0 Å². The van der Waals surface area contributed by atoms with E-state index in [1.54, 1.807) is 38.1 Å². The Hall–Kier alpha value is -3.60. The zero-order chi connectivity index (χ0) is 20.6. The summed E-state index contributed by atoms with van der Waals surface area (Å²) in [5.41, 5.74) is 3.73. The monoisotopic (exact) mass is 389 g/mol. The summed E-state index contributed by atoms with van der Waals surface area (Å²) in [7, 11) is 0. The van der Waals surface area contributed by atoms with E-state index in [2.05, 4.69) is 0 Å². The number of para-hydroxylation sites is 1. The summed E-state index contributed by atoms with van der Waals surface area (Å²) in [5.74, 6) is -0.687. The second-order valence-corrected chi connectivity index (χ2v) is 6.21. The Bertz CT molecular complexity index is 889. The summed E-state index contributed by atoms with van der Waals surface area (Å²) in [5, 5.41) is 0. The van der Waals surface area contributed by atoms with Gasteiger partial charge in [0.2, 0.25) is 0 Å². The summed E-state index contributed by atoms with van der Waals surface area (Å²) >= 11 is 0. The standard InChI is InChI=1S/C24H23NO4/c1-3-28-23(26)18-10-14-21(15-11-18)25(20-8-6-5-7-9-20)22-16-12-19(13-17-22)24(27)29-4-2/h5-17H,3-4H2,1-2H3. The maximum Gasteiger partial charge on any atom is 0.338 e. The molecule has 0 aromatic heterocycles. The second kappa shape index (κ2) is 9.55. The van der Waals surface area contributed by atoms with Crippen molar-refractivity contribution in [3.05, 3.63) is 90.0 Å². The van der Waals surface area contributed by atoms with Crippen LogP contribution in [0.25, 0.3) is 0 Å². The lowest BCUT2D eigenvalue weighted by Crippen LogP contribution is -2.11.